The summed E-state index contributed by atoms with van der Waals surface area (Å²) in [6.07, 6.45) is 3.67. The maximum absolute atomic E-state index is 5.86. The molecule has 0 unspecified atom stereocenters. The standard InChI is InChI=1S/C15H19N3O/c1-3-19-15-7-13(16)6-14(8-15)18-10-12-9-17-5-4-11(12)2/h4-9,18H,3,10,16H2,1-2H3. The molecule has 0 saturated carbocycles. The van der Waals surface area contributed by atoms with E-state index in [0.29, 0.717) is 18.8 Å². The maximum Gasteiger partial charge on any atom is 0.123 e. The zero-order valence-corrected chi connectivity index (χ0v) is 11.3. The van der Waals surface area contributed by atoms with E-state index in [0.717, 1.165) is 11.4 Å². The Hall–Kier alpha value is -2.23. The lowest BCUT2D eigenvalue weighted by Crippen LogP contribution is -2.03. The Morgan fingerprint density at radius 2 is 2.16 bits per heavy atom. The molecule has 0 aliphatic rings. The van der Waals surface area contributed by atoms with Crippen LogP contribution in [0.5, 0.6) is 5.75 Å². The van der Waals surface area contributed by atoms with Crippen molar-refractivity contribution in [1.82, 2.24) is 4.98 Å². The molecule has 2 aromatic rings. The van der Waals surface area contributed by atoms with E-state index in [1.54, 1.807) is 6.20 Å². The lowest BCUT2D eigenvalue weighted by atomic mass is 10.1. The molecule has 0 bridgehead atoms. The summed E-state index contributed by atoms with van der Waals surface area (Å²) in [4.78, 5) is 4.13. The molecule has 0 radical (unpaired) electrons. The second-order valence-corrected chi connectivity index (χ2v) is 4.38. The fourth-order valence-electron chi connectivity index (χ4n) is 1.85. The average Bonchev–Trinajstić information content (AvgIpc) is 2.37. The number of hydrogen-bond donors (Lipinski definition) is 2. The molecule has 0 aliphatic carbocycles. The molecule has 3 N–H and O–H groups in total. The van der Waals surface area contributed by atoms with Crippen molar-refractivity contribution in [1.29, 1.82) is 0 Å². The van der Waals surface area contributed by atoms with Gasteiger partial charge in [0, 0.05) is 42.4 Å². The van der Waals surface area contributed by atoms with Gasteiger partial charge in [-0.2, -0.15) is 0 Å². The normalized spacial score (nSPS) is 10.2. The van der Waals surface area contributed by atoms with Crippen LogP contribution in [0.2, 0.25) is 0 Å². The zero-order chi connectivity index (χ0) is 13.7. The SMILES string of the molecule is CCOc1cc(N)cc(NCc2cnccc2C)c1. The Kier molecular flexibility index (Phi) is 4.23. The van der Waals surface area contributed by atoms with Gasteiger partial charge >= 0.3 is 0 Å². The number of nitrogens with zero attached hydrogens (tertiary/aromatic N) is 1. The van der Waals surface area contributed by atoms with Crippen LogP contribution in [0.3, 0.4) is 0 Å². The van der Waals surface area contributed by atoms with E-state index in [1.807, 2.05) is 37.4 Å². The first-order chi connectivity index (χ1) is 9.19. The maximum atomic E-state index is 5.86. The highest BCUT2D eigenvalue weighted by Gasteiger charge is 2.01. The lowest BCUT2D eigenvalue weighted by molar-refractivity contribution is 0.340. The van der Waals surface area contributed by atoms with E-state index < -0.39 is 0 Å². The second kappa shape index (κ2) is 6.09. The van der Waals surface area contributed by atoms with Crippen molar-refractivity contribution in [2.45, 2.75) is 20.4 Å². The number of rotatable bonds is 5. The summed E-state index contributed by atoms with van der Waals surface area (Å²) >= 11 is 0. The molecule has 0 fully saturated rings. The number of pyridine rings is 1. The number of nitrogens with two attached hydrogens (primary N) is 1. The van der Waals surface area contributed by atoms with E-state index in [4.69, 9.17) is 10.5 Å². The highest BCUT2D eigenvalue weighted by molar-refractivity contribution is 5.59. The average molecular weight is 257 g/mol. The third-order valence-corrected chi connectivity index (χ3v) is 2.87. The van der Waals surface area contributed by atoms with Crippen LogP contribution in [0.15, 0.2) is 36.7 Å². The molecule has 0 saturated heterocycles. The largest absolute Gasteiger partial charge is 0.494 e. The van der Waals surface area contributed by atoms with Crippen LogP contribution < -0.4 is 15.8 Å². The smallest absolute Gasteiger partial charge is 0.123 e. The molecular weight excluding hydrogens is 238 g/mol. The fraction of sp³-hybridized carbons (Fsp3) is 0.267. The van der Waals surface area contributed by atoms with Crippen LogP contribution in [0.4, 0.5) is 11.4 Å². The van der Waals surface area contributed by atoms with Gasteiger partial charge in [-0.3, -0.25) is 4.98 Å². The Morgan fingerprint density at radius 1 is 1.32 bits per heavy atom. The lowest BCUT2D eigenvalue weighted by Gasteiger charge is -2.11. The summed E-state index contributed by atoms with van der Waals surface area (Å²) in [6, 6.07) is 7.67. The van der Waals surface area contributed by atoms with Gasteiger partial charge < -0.3 is 15.8 Å². The van der Waals surface area contributed by atoms with Gasteiger partial charge in [-0.15, -0.1) is 0 Å². The van der Waals surface area contributed by atoms with E-state index >= 15 is 0 Å². The van der Waals surface area contributed by atoms with Crippen molar-refractivity contribution in [3.05, 3.63) is 47.8 Å². The Bertz CT molecular complexity index is 555. The van der Waals surface area contributed by atoms with Gasteiger partial charge in [0.25, 0.3) is 0 Å². The molecule has 19 heavy (non-hydrogen) atoms. The summed E-state index contributed by atoms with van der Waals surface area (Å²) < 4.78 is 5.47. The van der Waals surface area contributed by atoms with Crippen LogP contribution in [0.1, 0.15) is 18.1 Å². The zero-order valence-electron chi connectivity index (χ0n) is 11.3. The summed E-state index contributed by atoms with van der Waals surface area (Å²) in [5.41, 5.74) is 9.89. The van der Waals surface area contributed by atoms with Gasteiger partial charge in [-0.05, 0) is 37.1 Å². The molecule has 100 valence electrons. The molecule has 0 atom stereocenters. The summed E-state index contributed by atoms with van der Waals surface area (Å²) in [5.74, 6) is 0.785. The number of nitrogen functional groups attached to an aromatic ring is 1. The molecule has 0 aliphatic heterocycles. The predicted octanol–water partition coefficient (Wildman–Crippen LogP) is 2.98. The minimum absolute atomic E-state index is 0.630. The van der Waals surface area contributed by atoms with Crippen LogP contribution in [-0.2, 0) is 6.54 Å². The number of anilines is 2. The van der Waals surface area contributed by atoms with Crippen molar-refractivity contribution in [2.75, 3.05) is 17.7 Å². The molecule has 1 heterocycles. The third kappa shape index (κ3) is 3.61. The topological polar surface area (TPSA) is 60.2 Å². The van der Waals surface area contributed by atoms with Crippen LogP contribution in [0, 0.1) is 6.92 Å². The molecule has 4 nitrogen and oxygen atoms in total. The fourth-order valence-corrected chi connectivity index (χ4v) is 1.85. The van der Waals surface area contributed by atoms with Crippen molar-refractivity contribution in [2.24, 2.45) is 0 Å². The quantitative estimate of drug-likeness (QED) is 0.808. The first-order valence-corrected chi connectivity index (χ1v) is 6.35. The molecule has 1 aromatic heterocycles. The monoisotopic (exact) mass is 257 g/mol. The molecule has 2 rings (SSSR count). The number of nitrogens with one attached hydrogen (secondary N) is 1. The van der Waals surface area contributed by atoms with Crippen molar-refractivity contribution in [3.63, 3.8) is 0 Å². The van der Waals surface area contributed by atoms with Crippen LogP contribution in [0.25, 0.3) is 0 Å². The summed E-state index contributed by atoms with van der Waals surface area (Å²) in [5, 5.41) is 3.34. The number of aromatic nitrogens is 1. The molecule has 1 aromatic carbocycles. The van der Waals surface area contributed by atoms with Gasteiger partial charge in [0.15, 0.2) is 0 Å². The highest BCUT2D eigenvalue weighted by Crippen LogP contribution is 2.23. The number of benzene rings is 1. The molecular formula is C15H19N3O. The number of hydrogen-bond acceptors (Lipinski definition) is 4. The Labute approximate surface area is 113 Å². The number of ether oxygens (including phenoxy) is 1. The first-order valence-electron chi connectivity index (χ1n) is 6.35. The van der Waals surface area contributed by atoms with E-state index in [1.165, 1.54) is 11.1 Å². The summed E-state index contributed by atoms with van der Waals surface area (Å²) in [6.45, 7) is 5.37. The van der Waals surface area contributed by atoms with Gasteiger partial charge in [-0.25, -0.2) is 0 Å². The van der Waals surface area contributed by atoms with Crippen molar-refractivity contribution in [3.8, 4) is 5.75 Å². The Balaban J connectivity index is 2.09. The molecule has 0 amide bonds. The Morgan fingerprint density at radius 3 is 2.89 bits per heavy atom. The second-order valence-electron chi connectivity index (χ2n) is 4.38. The molecule has 4 heteroatoms. The van der Waals surface area contributed by atoms with Gasteiger partial charge in [0.1, 0.15) is 5.75 Å². The van der Waals surface area contributed by atoms with Gasteiger partial charge in [-0.1, -0.05) is 0 Å². The van der Waals surface area contributed by atoms with Gasteiger partial charge in [0.2, 0.25) is 0 Å². The number of aryl methyl sites for hydroxylation is 1. The highest BCUT2D eigenvalue weighted by atomic mass is 16.5. The predicted molar refractivity (Wildman–Crippen MR) is 78.3 cm³/mol. The van der Waals surface area contributed by atoms with Gasteiger partial charge in [0.05, 0.1) is 6.61 Å². The van der Waals surface area contributed by atoms with Crippen molar-refractivity contribution < 1.29 is 4.74 Å². The molecule has 0 spiro atoms. The van der Waals surface area contributed by atoms with Crippen LogP contribution in [-0.4, -0.2) is 11.6 Å². The van der Waals surface area contributed by atoms with Crippen LogP contribution >= 0.6 is 0 Å². The minimum Gasteiger partial charge on any atom is -0.494 e. The van der Waals surface area contributed by atoms with E-state index in [-0.39, 0.29) is 0 Å². The third-order valence-electron chi connectivity index (χ3n) is 2.87. The van der Waals surface area contributed by atoms with E-state index in [2.05, 4.69) is 17.2 Å². The first kappa shape index (κ1) is 13.2. The summed E-state index contributed by atoms with van der Waals surface area (Å²) in [7, 11) is 0. The van der Waals surface area contributed by atoms with Crippen molar-refractivity contribution >= 4 is 11.4 Å². The van der Waals surface area contributed by atoms with E-state index in [9.17, 15) is 0 Å². The minimum atomic E-state index is 0.630.